The average Bonchev–Trinajstić information content (AvgIpc) is 2.38. The summed E-state index contributed by atoms with van der Waals surface area (Å²) < 4.78 is 13.3. The lowest BCUT2D eigenvalue weighted by atomic mass is 10.2. The standard InChI is InChI=1S/C13H16FN3O3/c1-8(12(15)19)17-11(18)6-7-16-13(20)9-4-2-3-5-10(9)14/h2-5,8H,6-7H2,1H3,(H2,15,19)(H,16,20)(H,17,18)/t8-/m0/s1. The molecule has 0 unspecified atom stereocenters. The lowest BCUT2D eigenvalue weighted by molar-refractivity contribution is -0.126. The van der Waals surface area contributed by atoms with Gasteiger partial charge in [-0.05, 0) is 19.1 Å². The Morgan fingerprint density at radius 2 is 1.95 bits per heavy atom. The minimum Gasteiger partial charge on any atom is -0.368 e. The first-order valence-corrected chi connectivity index (χ1v) is 6.03. The summed E-state index contributed by atoms with van der Waals surface area (Å²) in [5.41, 5.74) is 4.90. The number of primary amides is 1. The molecule has 3 amide bonds. The molecule has 7 heteroatoms. The average molecular weight is 281 g/mol. The normalized spacial score (nSPS) is 11.5. The minimum absolute atomic E-state index is 0.0299. The largest absolute Gasteiger partial charge is 0.368 e. The number of rotatable bonds is 6. The molecule has 1 aromatic carbocycles. The van der Waals surface area contributed by atoms with E-state index in [1.807, 2.05) is 0 Å². The Hall–Kier alpha value is -2.44. The van der Waals surface area contributed by atoms with E-state index in [0.717, 1.165) is 0 Å². The van der Waals surface area contributed by atoms with Gasteiger partial charge < -0.3 is 16.4 Å². The maximum Gasteiger partial charge on any atom is 0.254 e. The van der Waals surface area contributed by atoms with E-state index in [4.69, 9.17) is 5.73 Å². The predicted octanol–water partition coefficient (Wildman–Crippen LogP) is -0.0644. The molecule has 0 radical (unpaired) electrons. The molecule has 0 spiro atoms. The summed E-state index contributed by atoms with van der Waals surface area (Å²) in [6.45, 7) is 1.49. The Morgan fingerprint density at radius 3 is 2.55 bits per heavy atom. The van der Waals surface area contributed by atoms with Crippen molar-refractivity contribution in [1.82, 2.24) is 10.6 Å². The molecule has 0 saturated carbocycles. The Balaban J connectivity index is 2.38. The van der Waals surface area contributed by atoms with Crippen molar-refractivity contribution in [3.63, 3.8) is 0 Å². The van der Waals surface area contributed by atoms with Crippen LogP contribution in [0.4, 0.5) is 4.39 Å². The van der Waals surface area contributed by atoms with Crippen LogP contribution in [-0.2, 0) is 9.59 Å². The van der Waals surface area contributed by atoms with Crippen molar-refractivity contribution in [3.05, 3.63) is 35.6 Å². The van der Waals surface area contributed by atoms with Crippen LogP contribution in [0.5, 0.6) is 0 Å². The number of hydrogen-bond acceptors (Lipinski definition) is 3. The minimum atomic E-state index is -0.773. The molecule has 0 aliphatic heterocycles. The molecule has 0 aromatic heterocycles. The fraction of sp³-hybridized carbons (Fsp3) is 0.308. The maximum atomic E-state index is 13.3. The van der Waals surface area contributed by atoms with Gasteiger partial charge in [-0.3, -0.25) is 14.4 Å². The van der Waals surface area contributed by atoms with Gasteiger partial charge in [0.1, 0.15) is 11.9 Å². The van der Waals surface area contributed by atoms with Crippen LogP contribution in [0.1, 0.15) is 23.7 Å². The van der Waals surface area contributed by atoms with E-state index in [9.17, 15) is 18.8 Å². The molecule has 0 heterocycles. The smallest absolute Gasteiger partial charge is 0.254 e. The van der Waals surface area contributed by atoms with Gasteiger partial charge >= 0.3 is 0 Å². The van der Waals surface area contributed by atoms with Crippen molar-refractivity contribution in [2.24, 2.45) is 5.73 Å². The van der Waals surface area contributed by atoms with E-state index in [1.165, 1.54) is 25.1 Å². The second kappa shape index (κ2) is 7.22. The maximum absolute atomic E-state index is 13.3. The molecule has 0 aliphatic carbocycles. The van der Waals surface area contributed by atoms with Crippen LogP contribution in [0.3, 0.4) is 0 Å². The van der Waals surface area contributed by atoms with E-state index in [-0.39, 0.29) is 18.5 Å². The van der Waals surface area contributed by atoms with Crippen LogP contribution < -0.4 is 16.4 Å². The lowest BCUT2D eigenvalue weighted by Gasteiger charge is -2.10. The summed E-state index contributed by atoms with van der Waals surface area (Å²) in [7, 11) is 0. The van der Waals surface area contributed by atoms with Crippen LogP contribution in [0.15, 0.2) is 24.3 Å². The van der Waals surface area contributed by atoms with Gasteiger partial charge in [0.05, 0.1) is 5.56 Å². The van der Waals surface area contributed by atoms with Crippen LogP contribution in [-0.4, -0.2) is 30.3 Å². The summed E-state index contributed by atoms with van der Waals surface area (Å²) in [6, 6.07) is 4.77. The number of nitrogens with one attached hydrogen (secondary N) is 2. The van der Waals surface area contributed by atoms with E-state index >= 15 is 0 Å². The molecule has 6 nitrogen and oxygen atoms in total. The van der Waals surface area contributed by atoms with E-state index in [0.29, 0.717) is 0 Å². The first-order valence-electron chi connectivity index (χ1n) is 6.03. The third kappa shape index (κ3) is 4.68. The number of halogens is 1. The molecular formula is C13H16FN3O3. The highest BCUT2D eigenvalue weighted by molar-refractivity contribution is 5.94. The third-order valence-electron chi connectivity index (χ3n) is 2.56. The number of carbonyl (C=O) groups excluding carboxylic acids is 3. The second-order valence-electron chi connectivity index (χ2n) is 4.18. The molecule has 20 heavy (non-hydrogen) atoms. The lowest BCUT2D eigenvalue weighted by Crippen LogP contribution is -2.43. The fourth-order valence-corrected chi connectivity index (χ4v) is 1.41. The molecule has 1 aromatic rings. The van der Waals surface area contributed by atoms with Crippen LogP contribution in [0.2, 0.25) is 0 Å². The number of amides is 3. The summed E-state index contributed by atoms with van der Waals surface area (Å²) >= 11 is 0. The Morgan fingerprint density at radius 1 is 1.30 bits per heavy atom. The number of carbonyl (C=O) groups is 3. The van der Waals surface area contributed by atoms with E-state index in [1.54, 1.807) is 6.07 Å². The van der Waals surface area contributed by atoms with Gasteiger partial charge in [0.15, 0.2) is 0 Å². The molecule has 0 fully saturated rings. The topological polar surface area (TPSA) is 101 Å². The molecule has 0 aliphatic rings. The first-order chi connectivity index (χ1) is 9.41. The molecule has 108 valence electrons. The van der Waals surface area contributed by atoms with Crippen molar-refractivity contribution in [1.29, 1.82) is 0 Å². The highest BCUT2D eigenvalue weighted by Gasteiger charge is 2.13. The monoisotopic (exact) mass is 281 g/mol. The summed E-state index contributed by atoms with van der Waals surface area (Å²) in [5, 5.41) is 4.78. The van der Waals surface area contributed by atoms with Crippen LogP contribution in [0, 0.1) is 5.82 Å². The summed E-state index contributed by atoms with van der Waals surface area (Å²) in [5.74, 6) is -2.30. The van der Waals surface area contributed by atoms with Gasteiger partial charge in [0.25, 0.3) is 5.91 Å². The number of hydrogen-bond donors (Lipinski definition) is 3. The Bertz CT molecular complexity index is 519. The molecule has 1 atom stereocenters. The third-order valence-corrected chi connectivity index (χ3v) is 2.56. The van der Waals surface area contributed by atoms with Crippen molar-refractivity contribution in [2.75, 3.05) is 6.54 Å². The quantitative estimate of drug-likeness (QED) is 0.680. The van der Waals surface area contributed by atoms with Gasteiger partial charge in [-0.1, -0.05) is 12.1 Å². The van der Waals surface area contributed by atoms with Crippen LogP contribution in [0.25, 0.3) is 0 Å². The predicted molar refractivity (Wildman–Crippen MR) is 70.1 cm³/mol. The zero-order valence-electron chi connectivity index (χ0n) is 11.0. The van der Waals surface area contributed by atoms with Gasteiger partial charge in [0.2, 0.25) is 11.8 Å². The zero-order chi connectivity index (χ0) is 15.1. The molecule has 1 rings (SSSR count). The molecule has 0 bridgehead atoms. The molecule has 4 N–H and O–H groups in total. The van der Waals surface area contributed by atoms with E-state index < -0.39 is 29.6 Å². The van der Waals surface area contributed by atoms with Crippen molar-refractivity contribution < 1.29 is 18.8 Å². The fourth-order valence-electron chi connectivity index (χ4n) is 1.41. The summed E-state index contributed by atoms with van der Waals surface area (Å²) in [4.78, 5) is 33.8. The van der Waals surface area contributed by atoms with Gasteiger partial charge in [-0.25, -0.2) is 4.39 Å². The molecular weight excluding hydrogens is 265 g/mol. The van der Waals surface area contributed by atoms with Gasteiger partial charge in [0, 0.05) is 13.0 Å². The molecule has 0 saturated heterocycles. The SMILES string of the molecule is C[C@H](NC(=O)CCNC(=O)c1ccccc1F)C(N)=O. The van der Waals surface area contributed by atoms with Crippen molar-refractivity contribution >= 4 is 17.7 Å². The second-order valence-corrected chi connectivity index (χ2v) is 4.18. The highest BCUT2D eigenvalue weighted by atomic mass is 19.1. The first kappa shape index (κ1) is 15.6. The van der Waals surface area contributed by atoms with Gasteiger partial charge in [-0.15, -0.1) is 0 Å². The Labute approximate surface area is 115 Å². The van der Waals surface area contributed by atoms with Crippen molar-refractivity contribution in [3.8, 4) is 0 Å². The Kier molecular flexibility index (Phi) is 5.64. The number of nitrogens with two attached hydrogens (primary N) is 1. The number of benzene rings is 1. The summed E-state index contributed by atoms with van der Waals surface area (Å²) in [6.07, 6.45) is -0.0299. The van der Waals surface area contributed by atoms with Crippen LogP contribution >= 0.6 is 0 Å². The zero-order valence-corrected chi connectivity index (χ0v) is 11.0. The van der Waals surface area contributed by atoms with E-state index in [2.05, 4.69) is 10.6 Å². The van der Waals surface area contributed by atoms with Gasteiger partial charge in [-0.2, -0.15) is 0 Å². The highest BCUT2D eigenvalue weighted by Crippen LogP contribution is 2.05. The van der Waals surface area contributed by atoms with Crippen molar-refractivity contribution in [2.45, 2.75) is 19.4 Å².